The zero-order chi connectivity index (χ0) is 25.1. The number of aliphatic carboxylic acids is 1. The van der Waals surface area contributed by atoms with Crippen LogP contribution in [0.25, 0.3) is 0 Å². The van der Waals surface area contributed by atoms with E-state index in [2.05, 4.69) is 15.7 Å². The number of nitrogens with one attached hydrogen (secondary N) is 2. The summed E-state index contributed by atoms with van der Waals surface area (Å²) in [6.45, 7) is 0. The van der Waals surface area contributed by atoms with Crippen LogP contribution in [0, 0.1) is 0 Å². The second-order valence-corrected chi connectivity index (χ2v) is 7.44. The van der Waals surface area contributed by atoms with Gasteiger partial charge in [-0.2, -0.15) is 5.10 Å². The maximum absolute atomic E-state index is 13.2. The van der Waals surface area contributed by atoms with Crippen LogP contribution >= 0.6 is 0 Å². The molecule has 1 amide bonds. The van der Waals surface area contributed by atoms with E-state index in [1.807, 2.05) is 0 Å². The zero-order valence-electron chi connectivity index (χ0n) is 19.5. The van der Waals surface area contributed by atoms with Gasteiger partial charge in [0.1, 0.15) is 34.6 Å². The number of carboxylic acid groups (broad SMARTS) is 1. The number of hydrogen-bond acceptors (Lipinski definition) is 8. The molecule has 3 N–H and O–H groups in total. The Morgan fingerprint density at radius 1 is 0.971 bits per heavy atom. The predicted molar refractivity (Wildman–Crippen MR) is 127 cm³/mol. The van der Waals surface area contributed by atoms with E-state index in [1.165, 1.54) is 45.4 Å². The molecule has 4 rings (SSSR count). The van der Waals surface area contributed by atoms with Crippen LogP contribution in [-0.2, 0) is 4.79 Å². The second kappa shape index (κ2) is 9.67. The Balaban J connectivity index is 1.74. The number of amides is 1. The van der Waals surface area contributed by atoms with Gasteiger partial charge in [-0.3, -0.25) is 4.79 Å². The molecule has 0 aliphatic carbocycles. The normalized spacial score (nSPS) is 14.2. The number of carbonyl (C=O) groups excluding carboxylic acids is 1. The number of carbonyl (C=O) groups is 2. The average Bonchev–Trinajstić information content (AvgIpc) is 3.31. The number of anilines is 2. The van der Waals surface area contributed by atoms with Crippen molar-refractivity contribution < 1.29 is 33.6 Å². The number of hydrogen-bond donors (Lipinski definition) is 3. The topological polar surface area (TPSA) is 133 Å². The number of nitrogens with zero attached hydrogens (tertiary/aromatic N) is 2. The van der Waals surface area contributed by atoms with Crippen LogP contribution in [0.4, 0.5) is 11.5 Å². The fourth-order valence-electron chi connectivity index (χ4n) is 3.79. The second-order valence-electron chi connectivity index (χ2n) is 7.44. The van der Waals surface area contributed by atoms with Crippen molar-refractivity contribution in [2.24, 2.45) is 0 Å². The first-order chi connectivity index (χ1) is 16.9. The van der Waals surface area contributed by atoms with E-state index in [4.69, 9.17) is 18.9 Å². The average molecular weight is 480 g/mol. The molecule has 2 aromatic carbocycles. The van der Waals surface area contributed by atoms with Crippen LogP contribution in [0.1, 0.15) is 22.0 Å². The molecule has 0 fully saturated rings. The van der Waals surface area contributed by atoms with Gasteiger partial charge in [0, 0.05) is 17.3 Å². The molecule has 2 heterocycles. The lowest BCUT2D eigenvalue weighted by molar-refractivity contribution is -0.132. The van der Waals surface area contributed by atoms with Gasteiger partial charge in [0.2, 0.25) is 0 Å². The summed E-state index contributed by atoms with van der Waals surface area (Å²) >= 11 is 0. The monoisotopic (exact) mass is 480 g/mol. The molecule has 0 radical (unpaired) electrons. The summed E-state index contributed by atoms with van der Waals surface area (Å²) in [6, 6.07) is 9.46. The standard InChI is InChI=1S/C24H24N4O7/c1-32-14-6-8-19(33-2)15(10-14)18-11-17(24(30)31)27-22-16(12-25-28(18)22)23(29)26-13-5-7-20(34-3)21(9-13)35-4/h5-12,18,27H,1-4H3,(H,26,29)(H,30,31). The Bertz CT molecular complexity index is 1320. The Kier molecular flexibility index (Phi) is 6.49. The number of aromatic nitrogens is 2. The fourth-order valence-corrected chi connectivity index (χ4v) is 3.79. The van der Waals surface area contributed by atoms with Gasteiger partial charge in [0.25, 0.3) is 5.91 Å². The van der Waals surface area contributed by atoms with Crippen LogP contribution < -0.4 is 29.6 Å². The third-order valence-electron chi connectivity index (χ3n) is 5.51. The van der Waals surface area contributed by atoms with Crippen LogP contribution in [0.5, 0.6) is 23.0 Å². The van der Waals surface area contributed by atoms with E-state index < -0.39 is 17.9 Å². The van der Waals surface area contributed by atoms with Crippen molar-refractivity contribution in [3.63, 3.8) is 0 Å². The van der Waals surface area contributed by atoms with Crippen molar-refractivity contribution >= 4 is 23.4 Å². The molecule has 1 aromatic heterocycles. The quantitative estimate of drug-likeness (QED) is 0.445. The minimum Gasteiger partial charge on any atom is -0.497 e. The van der Waals surface area contributed by atoms with E-state index in [0.717, 1.165) is 0 Å². The molecule has 0 bridgehead atoms. The summed E-state index contributed by atoms with van der Waals surface area (Å²) in [5, 5.41) is 19.7. The zero-order valence-corrected chi connectivity index (χ0v) is 19.5. The Morgan fingerprint density at radius 2 is 1.69 bits per heavy atom. The summed E-state index contributed by atoms with van der Waals surface area (Å²) < 4.78 is 22.8. The predicted octanol–water partition coefficient (Wildman–Crippen LogP) is 3.15. The Hall–Kier alpha value is -4.67. The highest BCUT2D eigenvalue weighted by Gasteiger charge is 2.31. The molecule has 0 saturated carbocycles. The van der Waals surface area contributed by atoms with Crippen molar-refractivity contribution in [2.75, 3.05) is 39.1 Å². The van der Waals surface area contributed by atoms with Gasteiger partial charge < -0.3 is 34.7 Å². The van der Waals surface area contributed by atoms with Gasteiger partial charge in [-0.05, 0) is 36.4 Å². The molecule has 1 atom stereocenters. The summed E-state index contributed by atoms with van der Waals surface area (Å²) in [5.41, 5.74) is 1.12. The molecular formula is C24H24N4O7. The molecule has 3 aromatic rings. The van der Waals surface area contributed by atoms with Gasteiger partial charge in [-0.1, -0.05) is 0 Å². The summed E-state index contributed by atoms with van der Waals surface area (Å²) in [6.07, 6.45) is 2.87. The first-order valence-corrected chi connectivity index (χ1v) is 10.4. The minimum atomic E-state index is -1.18. The minimum absolute atomic E-state index is 0.104. The van der Waals surface area contributed by atoms with Crippen molar-refractivity contribution in [2.45, 2.75) is 6.04 Å². The van der Waals surface area contributed by atoms with Crippen LogP contribution in [0.2, 0.25) is 0 Å². The Morgan fingerprint density at radius 3 is 2.34 bits per heavy atom. The Labute approximate surface area is 200 Å². The third-order valence-corrected chi connectivity index (χ3v) is 5.51. The number of ether oxygens (including phenoxy) is 4. The first-order valence-electron chi connectivity index (χ1n) is 10.4. The lowest BCUT2D eigenvalue weighted by atomic mass is 10.0. The molecule has 11 nitrogen and oxygen atoms in total. The van der Waals surface area contributed by atoms with E-state index in [1.54, 1.807) is 36.4 Å². The van der Waals surface area contributed by atoms with Crippen LogP contribution in [0.3, 0.4) is 0 Å². The van der Waals surface area contributed by atoms with Gasteiger partial charge >= 0.3 is 5.97 Å². The molecule has 1 unspecified atom stereocenters. The number of carboxylic acids is 1. The lowest BCUT2D eigenvalue weighted by Gasteiger charge is -2.26. The summed E-state index contributed by atoms with van der Waals surface area (Å²) in [7, 11) is 6.05. The molecule has 1 aliphatic rings. The molecule has 182 valence electrons. The van der Waals surface area contributed by atoms with Gasteiger partial charge in [0.15, 0.2) is 11.5 Å². The molecule has 11 heteroatoms. The van der Waals surface area contributed by atoms with E-state index in [-0.39, 0.29) is 17.1 Å². The van der Waals surface area contributed by atoms with Crippen molar-refractivity contribution in [3.05, 3.63) is 65.5 Å². The first kappa shape index (κ1) is 23.5. The van der Waals surface area contributed by atoms with Crippen molar-refractivity contribution in [1.29, 1.82) is 0 Å². The SMILES string of the molecule is COc1ccc(OC)c(C2C=C(C(=O)O)Nc3c(C(=O)Nc4ccc(OC)c(OC)c4)cnn32)c1. The molecule has 1 aliphatic heterocycles. The van der Waals surface area contributed by atoms with E-state index >= 15 is 0 Å². The van der Waals surface area contributed by atoms with Crippen LogP contribution in [-0.4, -0.2) is 55.2 Å². The van der Waals surface area contributed by atoms with E-state index in [0.29, 0.717) is 34.2 Å². The lowest BCUT2D eigenvalue weighted by Crippen LogP contribution is -2.26. The van der Waals surface area contributed by atoms with Gasteiger partial charge in [-0.15, -0.1) is 0 Å². The molecule has 0 spiro atoms. The van der Waals surface area contributed by atoms with Gasteiger partial charge in [0.05, 0.1) is 34.6 Å². The number of rotatable bonds is 8. The highest BCUT2D eigenvalue weighted by atomic mass is 16.5. The third kappa shape index (κ3) is 4.43. The molecule has 0 saturated heterocycles. The smallest absolute Gasteiger partial charge is 0.352 e. The van der Waals surface area contributed by atoms with Crippen molar-refractivity contribution in [3.8, 4) is 23.0 Å². The van der Waals surface area contributed by atoms with Crippen LogP contribution in [0.15, 0.2) is 54.4 Å². The number of benzene rings is 2. The van der Waals surface area contributed by atoms with E-state index in [9.17, 15) is 14.7 Å². The van der Waals surface area contributed by atoms with Crippen molar-refractivity contribution in [1.82, 2.24) is 9.78 Å². The maximum Gasteiger partial charge on any atom is 0.352 e. The highest BCUT2D eigenvalue weighted by molar-refractivity contribution is 6.08. The fraction of sp³-hybridized carbons (Fsp3) is 0.208. The summed E-state index contributed by atoms with van der Waals surface area (Å²) in [5.74, 6) is 0.576. The van der Waals surface area contributed by atoms with Gasteiger partial charge in [-0.25, -0.2) is 9.48 Å². The maximum atomic E-state index is 13.2. The highest BCUT2D eigenvalue weighted by Crippen LogP contribution is 2.38. The largest absolute Gasteiger partial charge is 0.497 e. The number of fused-ring (bicyclic) bond motifs is 1. The molecule has 35 heavy (non-hydrogen) atoms. The molecular weight excluding hydrogens is 456 g/mol. The number of allylic oxidation sites excluding steroid dienone is 1. The summed E-state index contributed by atoms with van der Waals surface area (Å²) in [4.78, 5) is 25.1. The number of methoxy groups -OCH3 is 4.